The van der Waals surface area contributed by atoms with E-state index < -0.39 is 22.2 Å². The minimum atomic E-state index is -3.18. The minimum Gasteiger partial charge on any atom is -0.445 e. The first-order valence-corrected chi connectivity index (χ1v) is 12.9. The zero-order valence-corrected chi connectivity index (χ0v) is 19.6. The normalized spacial score (nSPS) is 16.0. The number of nitrogens with zero attached hydrogens (tertiary/aromatic N) is 1. The Morgan fingerprint density at radius 2 is 1.58 bits per heavy atom. The van der Waals surface area contributed by atoms with Crippen molar-refractivity contribution in [2.24, 2.45) is 5.92 Å². The van der Waals surface area contributed by atoms with Gasteiger partial charge in [-0.1, -0.05) is 60.7 Å². The standard InChI is InChI=1S/C24H31N3O5S/c1-33(30,31)27-14-12-20(13-15-27)17-25-23(28)22(16-19-8-4-2-5-9-19)26-24(29)32-18-21-10-6-3-7-11-21/h2-11,20,22H,12-18H2,1H3,(H,25,28)(H,26,29)/t22-/m0/s1. The van der Waals surface area contributed by atoms with E-state index in [0.717, 1.165) is 11.1 Å². The predicted octanol–water partition coefficient (Wildman–Crippen LogP) is 2.31. The van der Waals surface area contributed by atoms with Gasteiger partial charge in [-0.05, 0) is 29.9 Å². The lowest BCUT2D eigenvalue weighted by molar-refractivity contribution is -0.123. The number of carbonyl (C=O) groups is 2. The van der Waals surface area contributed by atoms with Crippen LogP contribution in [0.3, 0.4) is 0 Å². The lowest BCUT2D eigenvalue weighted by atomic mass is 9.98. The topological polar surface area (TPSA) is 105 Å². The number of piperidine rings is 1. The third-order valence-corrected chi connectivity index (χ3v) is 7.01. The zero-order chi connectivity index (χ0) is 23.7. The number of nitrogens with one attached hydrogen (secondary N) is 2. The highest BCUT2D eigenvalue weighted by atomic mass is 32.2. The number of sulfonamides is 1. The molecule has 33 heavy (non-hydrogen) atoms. The fraction of sp³-hybridized carbons (Fsp3) is 0.417. The summed E-state index contributed by atoms with van der Waals surface area (Å²) in [5.41, 5.74) is 1.78. The molecule has 2 aromatic rings. The summed E-state index contributed by atoms with van der Waals surface area (Å²) in [6.07, 6.45) is 2.26. The van der Waals surface area contributed by atoms with Crippen LogP contribution in [0.1, 0.15) is 24.0 Å². The highest BCUT2D eigenvalue weighted by molar-refractivity contribution is 7.88. The SMILES string of the molecule is CS(=O)(=O)N1CCC(CNC(=O)[C@H](Cc2ccccc2)NC(=O)OCc2ccccc2)CC1. The van der Waals surface area contributed by atoms with E-state index in [2.05, 4.69) is 10.6 Å². The smallest absolute Gasteiger partial charge is 0.408 e. The van der Waals surface area contributed by atoms with Gasteiger partial charge in [0.1, 0.15) is 12.6 Å². The summed E-state index contributed by atoms with van der Waals surface area (Å²) in [5.74, 6) is -0.101. The van der Waals surface area contributed by atoms with Gasteiger partial charge in [-0.2, -0.15) is 0 Å². The third-order valence-electron chi connectivity index (χ3n) is 5.71. The average Bonchev–Trinajstić information content (AvgIpc) is 2.82. The monoisotopic (exact) mass is 473 g/mol. The van der Waals surface area contributed by atoms with Crippen molar-refractivity contribution in [3.63, 3.8) is 0 Å². The molecule has 1 fully saturated rings. The molecule has 0 spiro atoms. The van der Waals surface area contributed by atoms with E-state index in [1.165, 1.54) is 10.6 Å². The van der Waals surface area contributed by atoms with Crippen molar-refractivity contribution in [3.05, 3.63) is 71.8 Å². The molecule has 1 heterocycles. The molecule has 3 rings (SSSR count). The summed E-state index contributed by atoms with van der Waals surface area (Å²) in [6, 6.07) is 18.0. The van der Waals surface area contributed by atoms with Crippen LogP contribution >= 0.6 is 0 Å². The van der Waals surface area contributed by atoms with Gasteiger partial charge in [0.05, 0.1) is 6.26 Å². The molecule has 9 heteroatoms. The van der Waals surface area contributed by atoms with E-state index in [9.17, 15) is 18.0 Å². The summed E-state index contributed by atoms with van der Waals surface area (Å²) < 4.78 is 30.1. The molecule has 8 nitrogen and oxygen atoms in total. The van der Waals surface area contributed by atoms with Gasteiger partial charge in [0, 0.05) is 26.1 Å². The van der Waals surface area contributed by atoms with Gasteiger partial charge in [0.25, 0.3) is 0 Å². The Morgan fingerprint density at radius 1 is 1.00 bits per heavy atom. The van der Waals surface area contributed by atoms with Crippen LogP contribution in [-0.2, 0) is 32.6 Å². The number of carbonyl (C=O) groups excluding carboxylic acids is 2. The first-order chi connectivity index (χ1) is 15.8. The lowest BCUT2D eigenvalue weighted by Gasteiger charge is -2.30. The van der Waals surface area contributed by atoms with Crippen molar-refractivity contribution >= 4 is 22.0 Å². The van der Waals surface area contributed by atoms with Crippen molar-refractivity contribution in [1.29, 1.82) is 0 Å². The molecular formula is C24H31N3O5S. The Bertz CT molecular complexity index is 1010. The number of amides is 2. The van der Waals surface area contributed by atoms with E-state index in [1.807, 2.05) is 60.7 Å². The highest BCUT2D eigenvalue weighted by Crippen LogP contribution is 2.18. The second-order valence-corrected chi connectivity index (χ2v) is 10.3. The Kier molecular flexibility index (Phi) is 8.85. The number of ether oxygens (including phenoxy) is 1. The van der Waals surface area contributed by atoms with E-state index in [0.29, 0.717) is 38.9 Å². The predicted molar refractivity (Wildman–Crippen MR) is 126 cm³/mol. The molecule has 1 saturated heterocycles. The van der Waals surface area contributed by atoms with Crippen molar-refractivity contribution in [2.75, 3.05) is 25.9 Å². The molecule has 0 bridgehead atoms. The van der Waals surface area contributed by atoms with Gasteiger partial charge in [-0.3, -0.25) is 4.79 Å². The minimum absolute atomic E-state index is 0.116. The molecule has 0 saturated carbocycles. The third kappa shape index (κ3) is 8.18. The van der Waals surface area contributed by atoms with Crippen LogP contribution < -0.4 is 10.6 Å². The fourth-order valence-electron chi connectivity index (χ4n) is 3.78. The largest absolute Gasteiger partial charge is 0.445 e. The molecule has 0 aromatic heterocycles. The van der Waals surface area contributed by atoms with Gasteiger partial charge >= 0.3 is 6.09 Å². The summed E-state index contributed by atoms with van der Waals surface area (Å²) in [7, 11) is -3.18. The van der Waals surface area contributed by atoms with Crippen molar-refractivity contribution in [1.82, 2.24) is 14.9 Å². The maximum absolute atomic E-state index is 12.9. The average molecular weight is 474 g/mol. The Hall–Kier alpha value is -2.91. The van der Waals surface area contributed by atoms with E-state index in [4.69, 9.17) is 4.74 Å². The molecule has 2 aromatic carbocycles. The number of rotatable bonds is 9. The quantitative estimate of drug-likeness (QED) is 0.582. The van der Waals surface area contributed by atoms with Crippen LogP contribution in [0.15, 0.2) is 60.7 Å². The van der Waals surface area contributed by atoms with Crippen molar-refractivity contribution in [3.8, 4) is 0 Å². The van der Waals surface area contributed by atoms with Crippen molar-refractivity contribution in [2.45, 2.75) is 31.9 Å². The molecule has 0 radical (unpaired) electrons. The van der Waals surface area contributed by atoms with Gasteiger partial charge < -0.3 is 15.4 Å². The lowest BCUT2D eigenvalue weighted by Crippen LogP contribution is -2.49. The van der Waals surface area contributed by atoms with Gasteiger partial charge in [0.15, 0.2) is 0 Å². The Labute approximate surface area is 195 Å². The first kappa shape index (κ1) is 24.7. The summed E-state index contributed by atoms with van der Waals surface area (Å²) in [4.78, 5) is 25.3. The number of hydrogen-bond donors (Lipinski definition) is 2. The van der Waals surface area contributed by atoms with Crippen LogP contribution in [0, 0.1) is 5.92 Å². The summed E-state index contributed by atoms with van der Waals surface area (Å²) in [5, 5.41) is 5.62. The molecule has 2 N–H and O–H groups in total. The second kappa shape index (κ2) is 11.8. The van der Waals surface area contributed by atoms with Crippen LogP contribution in [-0.4, -0.2) is 56.7 Å². The zero-order valence-electron chi connectivity index (χ0n) is 18.8. The van der Waals surface area contributed by atoms with E-state index in [-0.39, 0.29) is 18.4 Å². The second-order valence-electron chi connectivity index (χ2n) is 8.30. The fourth-order valence-corrected chi connectivity index (χ4v) is 4.65. The van der Waals surface area contributed by atoms with Crippen LogP contribution in [0.5, 0.6) is 0 Å². The molecule has 178 valence electrons. The van der Waals surface area contributed by atoms with E-state index in [1.54, 1.807) is 0 Å². The van der Waals surface area contributed by atoms with Crippen LogP contribution in [0.2, 0.25) is 0 Å². The molecule has 2 amide bonds. The molecule has 0 aliphatic carbocycles. The summed E-state index contributed by atoms with van der Waals surface area (Å²) >= 11 is 0. The van der Waals surface area contributed by atoms with Gasteiger partial charge in [-0.25, -0.2) is 17.5 Å². The van der Waals surface area contributed by atoms with Crippen LogP contribution in [0.25, 0.3) is 0 Å². The number of benzene rings is 2. The molecule has 1 aliphatic rings. The number of alkyl carbamates (subject to hydrolysis) is 1. The van der Waals surface area contributed by atoms with Gasteiger partial charge in [-0.15, -0.1) is 0 Å². The molecule has 1 atom stereocenters. The van der Waals surface area contributed by atoms with Gasteiger partial charge in [0.2, 0.25) is 15.9 Å². The van der Waals surface area contributed by atoms with Crippen molar-refractivity contribution < 1.29 is 22.7 Å². The van der Waals surface area contributed by atoms with E-state index >= 15 is 0 Å². The molecular weight excluding hydrogens is 442 g/mol. The first-order valence-electron chi connectivity index (χ1n) is 11.1. The maximum atomic E-state index is 12.9. The molecule has 0 unspecified atom stereocenters. The van der Waals surface area contributed by atoms with Crippen LogP contribution in [0.4, 0.5) is 4.79 Å². The Morgan fingerprint density at radius 3 is 2.15 bits per heavy atom. The highest BCUT2D eigenvalue weighted by Gasteiger charge is 2.27. The number of hydrogen-bond acceptors (Lipinski definition) is 5. The molecule has 1 aliphatic heterocycles. The maximum Gasteiger partial charge on any atom is 0.408 e. The summed E-state index contributed by atoms with van der Waals surface area (Å²) in [6.45, 7) is 1.46. The Balaban J connectivity index is 1.54.